The molecule has 0 radical (unpaired) electrons. The highest BCUT2D eigenvalue weighted by atomic mass is 32.2. The van der Waals surface area contributed by atoms with E-state index < -0.39 is 9.84 Å². The Balaban J connectivity index is 1.92. The Morgan fingerprint density at radius 1 is 1.21 bits per heavy atom. The average Bonchev–Trinajstić information content (AvgIpc) is 2.40. The molecule has 2 saturated heterocycles. The van der Waals surface area contributed by atoms with E-state index in [0.29, 0.717) is 24.6 Å². The third kappa shape index (κ3) is 4.41. The minimum atomic E-state index is -2.78. The number of sulfone groups is 1. The second-order valence-corrected chi connectivity index (χ2v) is 8.12. The standard InChI is InChI=1S/C13H26N2O3S/c1-2-14-11-13(3-7-18-8-4-13)12-15-5-9-19(16,17)10-6-15/h14H,2-12H2,1H3. The van der Waals surface area contributed by atoms with Crippen molar-refractivity contribution in [3.63, 3.8) is 0 Å². The van der Waals surface area contributed by atoms with E-state index >= 15 is 0 Å². The van der Waals surface area contributed by atoms with Crippen LogP contribution in [0.2, 0.25) is 0 Å². The smallest absolute Gasteiger partial charge is 0.152 e. The second-order valence-electron chi connectivity index (χ2n) is 5.82. The van der Waals surface area contributed by atoms with Crippen LogP contribution in [0.3, 0.4) is 0 Å². The molecule has 2 aliphatic heterocycles. The summed E-state index contributed by atoms with van der Waals surface area (Å²) in [6, 6.07) is 0. The van der Waals surface area contributed by atoms with Gasteiger partial charge in [-0.05, 0) is 24.8 Å². The topological polar surface area (TPSA) is 58.6 Å². The van der Waals surface area contributed by atoms with Crippen LogP contribution in [0.4, 0.5) is 0 Å². The van der Waals surface area contributed by atoms with E-state index in [1.165, 1.54) is 0 Å². The minimum Gasteiger partial charge on any atom is -0.381 e. The van der Waals surface area contributed by atoms with Gasteiger partial charge in [0.2, 0.25) is 0 Å². The molecule has 0 aromatic carbocycles. The van der Waals surface area contributed by atoms with Crippen LogP contribution in [-0.2, 0) is 14.6 Å². The molecule has 0 aromatic rings. The SMILES string of the molecule is CCNCC1(CN2CCS(=O)(=O)CC2)CCOCC1. The highest BCUT2D eigenvalue weighted by molar-refractivity contribution is 7.91. The lowest BCUT2D eigenvalue weighted by molar-refractivity contribution is -0.00291. The van der Waals surface area contributed by atoms with Crippen molar-refractivity contribution in [1.29, 1.82) is 0 Å². The molecule has 0 aliphatic carbocycles. The van der Waals surface area contributed by atoms with Gasteiger partial charge in [-0.25, -0.2) is 8.42 Å². The van der Waals surface area contributed by atoms with Crippen molar-refractivity contribution in [2.75, 3.05) is 57.4 Å². The van der Waals surface area contributed by atoms with E-state index in [-0.39, 0.29) is 5.41 Å². The number of hydrogen-bond acceptors (Lipinski definition) is 5. The first-order valence-corrected chi connectivity index (χ1v) is 9.09. The summed E-state index contributed by atoms with van der Waals surface area (Å²) in [6.45, 7) is 8.16. The quantitative estimate of drug-likeness (QED) is 0.779. The van der Waals surface area contributed by atoms with Crippen molar-refractivity contribution in [3.8, 4) is 0 Å². The first-order chi connectivity index (χ1) is 9.05. The van der Waals surface area contributed by atoms with E-state index in [0.717, 1.165) is 45.7 Å². The van der Waals surface area contributed by atoms with Crippen LogP contribution in [0.15, 0.2) is 0 Å². The van der Waals surface area contributed by atoms with Gasteiger partial charge in [-0.1, -0.05) is 6.92 Å². The molecule has 0 bridgehead atoms. The lowest BCUT2D eigenvalue weighted by atomic mass is 9.79. The number of rotatable bonds is 5. The Bertz CT molecular complexity index is 363. The average molecular weight is 290 g/mol. The molecule has 19 heavy (non-hydrogen) atoms. The molecule has 2 heterocycles. The third-order valence-electron chi connectivity index (χ3n) is 4.30. The summed E-state index contributed by atoms with van der Waals surface area (Å²) >= 11 is 0. The largest absolute Gasteiger partial charge is 0.381 e. The molecule has 0 saturated carbocycles. The van der Waals surface area contributed by atoms with E-state index in [2.05, 4.69) is 17.1 Å². The first kappa shape index (κ1) is 15.2. The van der Waals surface area contributed by atoms with Crippen LogP contribution in [0.25, 0.3) is 0 Å². The van der Waals surface area contributed by atoms with Gasteiger partial charge in [0.05, 0.1) is 11.5 Å². The molecule has 0 unspecified atom stereocenters. The van der Waals surface area contributed by atoms with Gasteiger partial charge in [-0.3, -0.25) is 0 Å². The zero-order valence-corrected chi connectivity index (χ0v) is 12.7. The predicted octanol–water partition coefficient (Wildman–Crippen LogP) is 0.123. The summed E-state index contributed by atoms with van der Waals surface area (Å²) in [5, 5.41) is 3.46. The lowest BCUT2D eigenvalue weighted by Gasteiger charge is -2.42. The zero-order chi connectivity index (χ0) is 13.8. The summed E-state index contributed by atoms with van der Waals surface area (Å²) in [5.74, 6) is 0.640. The maximum Gasteiger partial charge on any atom is 0.152 e. The molecule has 1 N–H and O–H groups in total. The molecule has 0 spiro atoms. The fourth-order valence-corrected chi connectivity index (χ4v) is 4.24. The monoisotopic (exact) mass is 290 g/mol. The van der Waals surface area contributed by atoms with Crippen molar-refractivity contribution in [1.82, 2.24) is 10.2 Å². The fraction of sp³-hybridized carbons (Fsp3) is 1.00. The summed E-state index contributed by atoms with van der Waals surface area (Å²) in [6.07, 6.45) is 2.15. The molecule has 0 aromatic heterocycles. The Kier molecular flexibility index (Phi) is 5.22. The van der Waals surface area contributed by atoms with Gasteiger partial charge < -0.3 is 15.0 Å². The molecule has 2 fully saturated rings. The van der Waals surface area contributed by atoms with Gasteiger partial charge in [0.15, 0.2) is 9.84 Å². The van der Waals surface area contributed by atoms with E-state index in [1.807, 2.05) is 0 Å². The third-order valence-corrected chi connectivity index (χ3v) is 5.91. The Morgan fingerprint density at radius 3 is 2.42 bits per heavy atom. The van der Waals surface area contributed by atoms with Crippen LogP contribution in [-0.4, -0.2) is 70.8 Å². The highest BCUT2D eigenvalue weighted by Gasteiger charge is 2.35. The summed E-state index contributed by atoms with van der Waals surface area (Å²) in [4.78, 5) is 2.32. The van der Waals surface area contributed by atoms with Crippen LogP contribution in [0.1, 0.15) is 19.8 Å². The van der Waals surface area contributed by atoms with Crippen LogP contribution >= 0.6 is 0 Å². The number of ether oxygens (including phenoxy) is 1. The van der Waals surface area contributed by atoms with Gasteiger partial charge in [0.25, 0.3) is 0 Å². The summed E-state index contributed by atoms with van der Waals surface area (Å²) in [5.41, 5.74) is 0.259. The molecule has 2 rings (SSSR count). The number of nitrogens with zero attached hydrogens (tertiary/aromatic N) is 1. The molecular formula is C13H26N2O3S. The van der Waals surface area contributed by atoms with Crippen molar-refractivity contribution < 1.29 is 13.2 Å². The molecule has 112 valence electrons. The summed E-state index contributed by atoms with van der Waals surface area (Å²) in [7, 11) is -2.78. The van der Waals surface area contributed by atoms with Crippen LogP contribution in [0.5, 0.6) is 0 Å². The molecule has 2 aliphatic rings. The van der Waals surface area contributed by atoms with Gasteiger partial charge >= 0.3 is 0 Å². The van der Waals surface area contributed by atoms with E-state index in [9.17, 15) is 8.42 Å². The van der Waals surface area contributed by atoms with Crippen molar-refractivity contribution in [2.24, 2.45) is 5.41 Å². The van der Waals surface area contributed by atoms with Gasteiger partial charge in [0, 0.05) is 39.4 Å². The number of nitrogens with one attached hydrogen (secondary N) is 1. The maximum absolute atomic E-state index is 11.5. The Morgan fingerprint density at radius 2 is 1.84 bits per heavy atom. The Labute approximate surface area is 116 Å². The van der Waals surface area contributed by atoms with Gasteiger partial charge in [-0.2, -0.15) is 0 Å². The van der Waals surface area contributed by atoms with Crippen LogP contribution < -0.4 is 5.32 Å². The maximum atomic E-state index is 11.5. The van der Waals surface area contributed by atoms with Crippen molar-refractivity contribution in [2.45, 2.75) is 19.8 Å². The van der Waals surface area contributed by atoms with Crippen molar-refractivity contribution >= 4 is 9.84 Å². The molecular weight excluding hydrogens is 264 g/mol. The van der Waals surface area contributed by atoms with E-state index in [1.54, 1.807) is 0 Å². The van der Waals surface area contributed by atoms with Crippen LogP contribution in [0, 0.1) is 5.41 Å². The molecule has 0 amide bonds. The number of hydrogen-bond donors (Lipinski definition) is 1. The molecule has 6 heteroatoms. The van der Waals surface area contributed by atoms with Gasteiger partial charge in [0.1, 0.15) is 0 Å². The highest BCUT2D eigenvalue weighted by Crippen LogP contribution is 2.31. The fourth-order valence-electron chi connectivity index (χ4n) is 2.97. The van der Waals surface area contributed by atoms with Gasteiger partial charge in [-0.15, -0.1) is 0 Å². The normalized spacial score (nSPS) is 27.2. The Hall–Kier alpha value is -0.170. The second kappa shape index (κ2) is 6.52. The molecule has 0 atom stereocenters. The first-order valence-electron chi connectivity index (χ1n) is 7.27. The zero-order valence-electron chi connectivity index (χ0n) is 11.9. The molecule has 5 nitrogen and oxygen atoms in total. The minimum absolute atomic E-state index is 0.259. The van der Waals surface area contributed by atoms with E-state index in [4.69, 9.17) is 4.74 Å². The summed E-state index contributed by atoms with van der Waals surface area (Å²) < 4.78 is 28.4. The predicted molar refractivity (Wildman–Crippen MR) is 76.1 cm³/mol. The lowest BCUT2D eigenvalue weighted by Crippen LogP contribution is -2.51. The van der Waals surface area contributed by atoms with Crippen molar-refractivity contribution in [3.05, 3.63) is 0 Å².